The highest BCUT2D eigenvalue weighted by Gasteiger charge is 2.09. The summed E-state index contributed by atoms with van der Waals surface area (Å²) < 4.78 is 0. The van der Waals surface area contributed by atoms with Crippen molar-refractivity contribution in [1.82, 2.24) is 10.5 Å². The smallest absolute Gasteiger partial charge is 0.294 e. The molecular weight excluding hydrogens is 202 g/mol. The Kier molecular flexibility index (Phi) is 3.91. The largest absolute Gasteiger partial charge is 0.365 e. The Bertz CT molecular complexity index is 356. The Balaban J connectivity index is 2.48. The Morgan fingerprint density at radius 3 is 3.21 bits per heavy atom. The first kappa shape index (κ1) is 10.5. The Labute approximate surface area is 85.4 Å². The molecule has 0 aromatic carbocycles. The summed E-state index contributed by atoms with van der Waals surface area (Å²) in [5, 5.41) is 5.12. The minimum atomic E-state index is -0.405. The van der Waals surface area contributed by atoms with E-state index in [-0.39, 0.29) is 6.61 Å². The molecule has 1 heterocycles. The van der Waals surface area contributed by atoms with Gasteiger partial charge in [-0.2, -0.15) is 0 Å². The maximum atomic E-state index is 11.3. The molecule has 0 unspecified atom stereocenters. The van der Waals surface area contributed by atoms with Gasteiger partial charge >= 0.3 is 0 Å². The minimum absolute atomic E-state index is 0.0365. The third-order valence-electron chi connectivity index (χ3n) is 1.27. The lowest BCUT2D eigenvalue weighted by molar-refractivity contribution is 0.0434. The first-order valence-electron chi connectivity index (χ1n) is 3.76. The zero-order valence-electron chi connectivity index (χ0n) is 7.53. The van der Waals surface area contributed by atoms with E-state index in [1.807, 2.05) is 0 Å². The molecule has 0 saturated heterocycles. The van der Waals surface area contributed by atoms with Crippen molar-refractivity contribution in [1.29, 1.82) is 0 Å². The number of carbonyl (C=O) groups is 1. The van der Waals surface area contributed by atoms with Gasteiger partial charge in [0.1, 0.15) is 12.3 Å². The average molecular weight is 211 g/mol. The van der Waals surface area contributed by atoms with Crippen LogP contribution in [0.3, 0.4) is 0 Å². The van der Waals surface area contributed by atoms with Crippen LogP contribution in [0.2, 0.25) is 0 Å². The molecule has 0 radical (unpaired) electrons. The molecule has 14 heavy (non-hydrogen) atoms. The lowest BCUT2D eigenvalue weighted by atomic mass is 10.5. The van der Waals surface area contributed by atoms with Gasteiger partial charge in [-0.25, -0.2) is 10.5 Å². The van der Waals surface area contributed by atoms with Crippen molar-refractivity contribution >= 4 is 22.4 Å². The van der Waals surface area contributed by atoms with E-state index in [9.17, 15) is 4.79 Å². The Hall–Kier alpha value is -1.58. The molecule has 0 atom stereocenters. The van der Waals surface area contributed by atoms with E-state index in [4.69, 9.17) is 6.42 Å². The van der Waals surface area contributed by atoms with Crippen LogP contribution >= 0.6 is 11.3 Å². The maximum Gasteiger partial charge on any atom is 0.294 e. The fraction of sp³-hybridized carbons (Fsp3) is 0.250. The van der Waals surface area contributed by atoms with Crippen molar-refractivity contribution in [3.63, 3.8) is 0 Å². The average Bonchev–Trinajstić information content (AvgIpc) is 2.66. The zero-order valence-corrected chi connectivity index (χ0v) is 8.35. The van der Waals surface area contributed by atoms with E-state index >= 15 is 0 Å². The van der Waals surface area contributed by atoms with E-state index in [2.05, 4.69) is 26.5 Å². The number of hydroxylamine groups is 1. The summed E-state index contributed by atoms with van der Waals surface area (Å²) >= 11 is 1.34. The number of nitrogens with one attached hydrogen (secondary N) is 2. The third kappa shape index (κ3) is 2.73. The molecular formula is C8H9N3O2S. The number of rotatable bonds is 4. The number of terminal acetylenes is 1. The predicted octanol–water partition coefficient (Wildman–Crippen LogP) is 0.479. The van der Waals surface area contributed by atoms with E-state index in [1.54, 1.807) is 12.4 Å². The van der Waals surface area contributed by atoms with Crippen LogP contribution in [0.15, 0.2) is 5.38 Å². The maximum absolute atomic E-state index is 11.3. The van der Waals surface area contributed by atoms with Crippen molar-refractivity contribution in [2.75, 3.05) is 19.0 Å². The topological polar surface area (TPSA) is 63.2 Å². The summed E-state index contributed by atoms with van der Waals surface area (Å²) in [6, 6.07) is 0. The second kappa shape index (κ2) is 5.21. The molecule has 0 spiro atoms. The van der Waals surface area contributed by atoms with Gasteiger partial charge in [-0.15, -0.1) is 17.8 Å². The fourth-order valence-corrected chi connectivity index (χ4v) is 1.34. The van der Waals surface area contributed by atoms with E-state index in [0.29, 0.717) is 10.8 Å². The number of anilines is 1. The van der Waals surface area contributed by atoms with Crippen LogP contribution in [-0.4, -0.2) is 24.5 Å². The summed E-state index contributed by atoms with van der Waals surface area (Å²) in [5.41, 5.74) is 2.47. The number of aromatic nitrogens is 1. The molecule has 6 heteroatoms. The van der Waals surface area contributed by atoms with Crippen LogP contribution in [-0.2, 0) is 4.84 Å². The summed E-state index contributed by atoms with van der Waals surface area (Å²) in [4.78, 5) is 19.9. The summed E-state index contributed by atoms with van der Waals surface area (Å²) in [6.45, 7) is 0.0365. The van der Waals surface area contributed by atoms with Gasteiger partial charge in [0.25, 0.3) is 5.91 Å². The summed E-state index contributed by atoms with van der Waals surface area (Å²) in [6.07, 6.45) is 4.93. The van der Waals surface area contributed by atoms with Gasteiger partial charge < -0.3 is 5.32 Å². The van der Waals surface area contributed by atoms with E-state index in [1.165, 1.54) is 11.3 Å². The second-order valence-electron chi connectivity index (χ2n) is 2.21. The van der Waals surface area contributed by atoms with E-state index in [0.717, 1.165) is 0 Å². The van der Waals surface area contributed by atoms with Gasteiger partial charge in [0.15, 0.2) is 5.13 Å². The second-order valence-corrected chi connectivity index (χ2v) is 3.07. The number of amides is 1. The highest BCUT2D eigenvalue weighted by Crippen LogP contribution is 2.13. The van der Waals surface area contributed by atoms with Crippen LogP contribution in [0.1, 0.15) is 10.5 Å². The highest BCUT2D eigenvalue weighted by atomic mass is 32.1. The van der Waals surface area contributed by atoms with Crippen LogP contribution in [0.5, 0.6) is 0 Å². The molecule has 0 bridgehead atoms. The van der Waals surface area contributed by atoms with Crippen LogP contribution in [0.25, 0.3) is 0 Å². The van der Waals surface area contributed by atoms with Crippen molar-refractivity contribution in [3.8, 4) is 12.3 Å². The molecule has 1 rings (SSSR count). The molecule has 5 nitrogen and oxygen atoms in total. The first-order chi connectivity index (χ1) is 6.77. The van der Waals surface area contributed by atoms with Gasteiger partial charge in [-0.05, 0) is 0 Å². The molecule has 1 aromatic rings. The van der Waals surface area contributed by atoms with Gasteiger partial charge in [0.05, 0.1) is 0 Å². The molecule has 74 valence electrons. The summed E-state index contributed by atoms with van der Waals surface area (Å²) in [7, 11) is 1.73. The number of hydrogen-bond acceptors (Lipinski definition) is 5. The van der Waals surface area contributed by atoms with Crippen molar-refractivity contribution in [3.05, 3.63) is 11.1 Å². The fourth-order valence-electron chi connectivity index (χ4n) is 0.688. The Morgan fingerprint density at radius 2 is 2.64 bits per heavy atom. The lowest BCUT2D eigenvalue weighted by Gasteiger charge is -1.99. The molecule has 0 fully saturated rings. The van der Waals surface area contributed by atoms with Crippen LogP contribution < -0.4 is 10.8 Å². The molecule has 1 aromatic heterocycles. The van der Waals surface area contributed by atoms with E-state index < -0.39 is 5.91 Å². The van der Waals surface area contributed by atoms with Gasteiger partial charge in [-0.1, -0.05) is 5.92 Å². The molecule has 1 amide bonds. The van der Waals surface area contributed by atoms with Gasteiger partial charge in [0.2, 0.25) is 0 Å². The van der Waals surface area contributed by atoms with Crippen molar-refractivity contribution in [2.24, 2.45) is 0 Å². The summed E-state index contributed by atoms with van der Waals surface area (Å²) in [5.74, 6) is 1.82. The van der Waals surface area contributed by atoms with Crippen molar-refractivity contribution in [2.45, 2.75) is 0 Å². The highest BCUT2D eigenvalue weighted by molar-refractivity contribution is 7.13. The molecule has 0 aliphatic rings. The minimum Gasteiger partial charge on any atom is -0.365 e. The standard InChI is InChI=1S/C8H9N3O2S/c1-3-4-13-11-7(12)6-5-14-8(9-2)10-6/h1,5H,4H2,2H3,(H,9,10)(H,11,12). The van der Waals surface area contributed by atoms with Crippen LogP contribution in [0.4, 0.5) is 5.13 Å². The SMILES string of the molecule is C#CCONC(=O)c1csc(NC)n1. The van der Waals surface area contributed by atoms with Crippen LogP contribution in [0, 0.1) is 12.3 Å². The zero-order chi connectivity index (χ0) is 10.4. The van der Waals surface area contributed by atoms with Crippen molar-refractivity contribution < 1.29 is 9.63 Å². The Morgan fingerprint density at radius 1 is 1.86 bits per heavy atom. The lowest BCUT2D eigenvalue weighted by Crippen LogP contribution is -2.24. The molecule has 0 aliphatic carbocycles. The normalized spacial score (nSPS) is 9.14. The molecule has 2 N–H and O–H groups in total. The van der Waals surface area contributed by atoms with Gasteiger partial charge in [0, 0.05) is 12.4 Å². The number of carbonyl (C=O) groups excluding carboxylic acids is 1. The molecule has 0 saturated carbocycles. The van der Waals surface area contributed by atoms with Gasteiger partial charge in [-0.3, -0.25) is 9.63 Å². The number of hydrogen-bond donors (Lipinski definition) is 2. The monoisotopic (exact) mass is 211 g/mol. The predicted molar refractivity (Wildman–Crippen MR) is 53.9 cm³/mol. The first-order valence-corrected chi connectivity index (χ1v) is 4.64. The number of thiazole rings is 1. The molecule has 0 aliphatic heterocycles. The quantitative estimate of drug-likeness (QED) is 0.432. The third-order valence-corrected chi connectivity index (χ3v) is 2.13. The number of nitrogens with zero attached hydrogens (tertiary/aromatic N) is 1.